The zero-order valence-electron chi connectivity index (χ0n) is 9.45. The van der Waals surface area contributed by atoms with Crippen LogP contribution in [0.5, 0.6) is 0 Å². The molecule has 0 saturated carbocycles. The molecule has 1 heterocycles. The third kappa shape index (κ3) is 2.39. The SMILES string of the molecule is Fc1ccc(F)c(Nc2nc3ccc(F)cc3s2)c1. The highest BCUT2D eigenvalue weighted by Crippen LogP contribution is 2.29. The molecule has 0 amide bonds. The maximum atomic E-state index is 13.5. The lowest BCUT2D eigenvalue weighted by Crippen LogP contribution is -1.93. The highest BCUT2D eigenvalue weighted by atomic mass is 32.1. The Hall–Kier alpha value is -2.08. The number of fused-ring (bicyclic) bond motifs is 1. The smallest absolute Gasteiger partial charge is 0.188 e. The number of rotatable bonds is 2. The van der Waals surface area contributed by atoms with Gasteiger partial charge in [0.25, 0.3) is 0 Å². The second-order valence-corrected chi connectivity index (χ2v) is 4.91. The van der Waals surface area contributed by atoms with Crippen LogP contribution in [-0.2, 0) is 0 Å². The van der Waals surface area contributed by atoms with Crippen molar-refractivity contribution in [3.8, 4) is 0 Å². The van der Waals surface area contributed by atoms with Crippen LogP contribution in [0.15, 0.2) is 36.4 Å². The Morgan fingerprint density at radius 1 is 0.947 bits per heavy atom. The van der Waals surface area contributed by atoms with E-state index in [1.165, 1.54) is 29.5 Å². The van der Waals surface area contributed by atoms with E-state index >= 15 is 0 Å². The number of halogens is 3. The second-order valence-electron chi connectivity index (χ2n) is 3.88. The summed E-state index contributed by atoms with van der Waals surface area (Å²) in [7, 11) is 0. The van der Waals surface area contributed by atoms with Gasteiger partial charge < -0.3 is 5.32 Å². The Labute approximate surface area is 110 Å². The summed E-state index contributed by atoms with van der Waals surface area (Å²) in [5.41, 5.74) is 0.602. The highest BCUT2D eigenvalue weighted by Gasteiger charge is 2.08. The lowest BCUT2D eigenvalue weighted by atomic mass is 10.3. The van der Waals surface area contributed by atoms with E-state index in [1.54, 1.807) is 0 Å². The fraction of sp³-hybridized carbons (Fsp3) is 0. The van der Waals surface area contributed by atoms with Crippen molar-refractivity contribution in [1.82, 2.24) is 4.98 Å². The Morgan fingerprint density at radius 2 is 1.68 bits per heavy atom. The largest absolute Gasteiger partial charge is 0.329 e. The van der Waals surface area contributed by atoms with E-state index in [9.17, 15) is 13.2 Å². The molecule has 1 aromatic heterocycles. The fourth-order valence-corrected chi connectivity index (χ4v) is 2.56. The molecule has 0 atom stereocenters. The van der Waals surface area contributed by atoms with Crippen molar-refractivity contribution in [2.75, 3.05) is 5.32 Å². The minimum Gasteiger partial charge on any atom is -0.329 e. The van der Waals surface area contributed by atoms with Gasteiger partial charge in [0.05, 0.1) is 15.9 Å². The van der Waals surface area contributed by atoms with Gasteiger partial charge in [-0.25, -0.2) is 18.2 Å². The summed E-state index contributed by atoms with van der Waals surface area (Å²) in [5, 5.41) is 3.07. The first-order valence-electron chi connectivity index (χ1n) is 5.40. The molecule has 3 aromatic rings. The number of aromatic nitrogens is 1. The lowest BCUT2D eigenvalue weighted by molar-refractivity contribution is 0.603. The van der Waals surface area contributed by atoms with Crippen LogP contribution < -0.4 is 5.32 Å². The summed E-state index contributed by atoms with van der Waals surface area (Å²) >= 11 is 1.17. The summed E-state index contributed by atoms with van der Waals surface area (Å²) < 4.78 is 40.2. The van der Waals surface area contributed by atoms with Crippen molar-refractivity contribution in [2.45, 2.75) is 0 Å². The maximum Gasteiger partial charge on any atom is 0.188 e. The topological polar surface area (TPSA) is 24.9 Å². The molecule has 2 nitrogen and oxygen atoms in total. The Bertz CT molecular complexity index is 755. The molecule has 0 radical (unpaired) electrons. The van der Waals surface area contributed by atoms with Crippen LogP contribution in [0.4, 0.5) is 24.0 Å². The first-order chi connectivity index (χ1) is 9.11. The van der Waals surface area contributed by atoms with Crippen molar-refractivity contribution >= 4 is 32.4 Å². The molecule has 19 heavy (non-hydrogen) atoms. The Kier molecular flexibility index (Phi) is 2.87. The van der Waals surface area contributed by atoms with Crippen molar-refractivity contribution in [2.24, 2.45) is 0 Å². The monoisotopic (exact) mass is 280 g/mol. The van der Waals surface area contributed by atoms with Crippen molar-refractivity contribution in [1.29, 1.82) is 0 Å². The van der Waals surface area contributed by atoms with Crippen LogP contribution in [0.1, 0.15) is 0 Å². The Balaban J connectivity index is 1.98. The molecule has 0 bridgehead atoms. The average Bonchev–Trinajstić information content (AvgIpc) is 2.75. The van der Waals surface area contributed by atoms with Gasteiger partial charge in [-0.05, 0) is 30.3 Å². The van der Waals surface area contributed by atoms with Gasteiger partial charge in [-0.15, -0.1) is 0 Å². The zero-order chi connectivity index (χ0) is 13.4. The molecule has 0 aliphatic rings. The minimum atomic E-state index is -0.577. The molecular weight excluding hydrogens is 273 g/mol. The lowest BCUT2D eigenvalue weighted by Gasteiger charge is -2.03. The standard InChI is InChI=1S/C13H7F3N2S/c14-7-1-3-9(16)11(5-7)18-13-17-10-4-2-8(15)6-12(10)19-13/h1-6H,(H,17,18). The van der Waals surface area contributed by atoms with Crippen LogP contribution in [-0.4, -0.2) is 4.98 Å². The van der Waals surface area contributed by atoms with Gasteiger partial charge >= 0.3 is 0 Å². The van der Waals surface area contributed by atoms with E-state index in [4.69, 9.17) is 0 Å². The number of anilines is 2. The normalized spacial score (nSPS) is 10.9. The molecule has 0 unspecified atom stereocenters. The van der Waals surface area contributed by atoms with Crippen LogP contribution in [0, 0.1) is 17.5 Å². The van der Waals surface area contributed by atoms with Gasteiger partial charge in [0.1, 0.15) is 17.5 Å². The number of benzene rings is 2. The predicted molar refractivity (Wildman–Crippen MR) is 69.2 cm³/mol. The highest BCUT2D eigenvalue weighted by molar-refractivity contribution is 7.22. The Morgan fingerprint density at radius 3 is 2.53 bits per heavy atom. The van der Waals surface area contributed by atoms with Crippen molar-refractivity contribution in [3.05, 3.63) is 53.8 Å². The molecule has 0 aliphatic heterocycles. The molecule has 6 heteroatoms. The predicted octanol–water partition coefficient (Wildman–Crippen LogP) is 4.46. The van der Waals surface area contributed by atoms with Gasteiger partial charge in [-0.2, -0.15) is 0 Å². The molecule has 2 aromatic carbocycles. The van der Waals surface area contributed by atoms with Crippen LogP contribution in [0.2, 0.25) is 0 Å². The first kappa shape index (κ1) is 12.0. The van der Waals surface area contributed by atoms with Crippen LogP contribution in [0.25, 0.3) is 10.2 Å². The van der Waals surface area contributed by atoms with Crippen molar-refractivity contribution in [3.63, 3.8) is 0 Å². The molecule has 0 spiro atoms. The number of nitrogens with one attached hydrogen (secondary N) is 1. The van der Waals surface area contributed by atoms with Gasteiger partial charge in [-0.3, -0.25) is 0 Å². The summed E-state index contributed by atoms with van der Waals surface area (Å²) in [6.07, 6.45) is 0. The van der Waals surface area contributed by atoms with E-state index < -0.39 is 11.6 Å². The average molecular weight is 280 g/mol. The maximum absolute atomic E-state index is 13.5. The third-order valence-corrected chi connectivity index (χ3v) is 3.45. The quantitative estimate of drug-likeness (QED) is 0.749. The number of hydrogen-bond acceptors (Lipinski definition) is 3. The molecule has 0 saturated heterocycles. The van der Waals surface area contributed by atoms with E-state index in [1.807, 2.05) is 0 Å². The van der Waals surface area contributed by atoms with E-state index in [0.717, 1.165) is 18.2 Å². The molecule has 3 rings (SSSR count). The first-order valence-corrected chi connectivity index (χ1v) is 6.21. The van der Waals surface area contributed by atoms with E-state index in [2.05, 4.69) is 10.3 Å². The fourth-order valence-electron chi connectivity index (χ4n) is 1.66. The van der Waals surface area contributed by atoms with Crippen LogP contribution >= 0.6 is 11.3 Å². The third-order valence-electron chi connectivity index (χ3n) is 2.52. The van der Waals surface area contributed by atoms with E-state index in [-0.39, 0.29) is 11.5 Å². The molecule has 96 valence electrons. The van der Waals surface area contributed by atoms with Gasteiger partial charge in [0, 0.05) is 6.07 Å². The van der Waals surface area contributed by atoms with Gasteiger partial charge in [-0.1, -0.05) is 11.3 Å². The van der Waals surface area contributed by atoms with Gasteiger partial charge in [0.2, 0.25) is 0 Å². The molecule has 0 aliphatic carbocycles. The molecular formula is C13H7F3N2S. The van der Waals surface area contributed by atoms with Crippen molar-refractivity contribution < 1.29 is 13.2 Å². The summed E-state index contributed by atoms with van der Waals surface area (Å²) in [6.45, 7) is 0. The van der Waals surface area contributed by atoms with Crippen LogP contribution in [0.3, 0.4) is 0 Å². The second kappa shape index (κ2) is 4.55. The summed E-state index contributed by atoms with van der Waals surface area (Å²) in [4.78, 5) is 4.17. The van der Waals surface area contributed by atoms with Gasteiger partial charge in [0.15, 0.2) is 5.13 Å². The van der Waals surface area contributed by atoms with E-state index in [0.29, 0.717) is 15.3 Å². The summed E-state index contributed by atoms with van der Waals surface area (Å²) in [5.74, 6) is -1.48. The molecule has 1 N–H and O–H groups in total. The minimum absolute atomic E-state index is 0.000437. The number of nitrogens with zero attached hydrogens (tertiary/aromatic N) is 1. The molecule has 0 fully saturated rings. The number of hydrogen-bond donors (Lipinski definition) is 1. The number of thiazole rings is 1. The zero-order valence-corrected chi connectivity index (χ0v) is 10.3. The summed E-state index contributed by atoms with van der Waals surface area (Å²) in [6, 6.07) is 7.30.